The number of nitrogen functional groups attached to an aromatic ring is 1. The molecule has 0 spiro atoms. The monoisotopic (exact) mass is 500 g/mol. The van der Waals surface area contributed by atoms with Crippen LogP contribution in [0.5, 0.6) is 0 Å². The van der Waals surface area contributed by atoms with E-state index in [1.165, 1.54) is 12.7 Å². The number of amides is 1. The van der Waals surface area contributed by atoms with E-state index in [0.29, 0.717) is 36.6 Å². The number of esters is 1. The lowest BCUT2D eigenvalue weighted by Gasteiger charge is -2.25. The molecule has 2 aromatic carbocycles. The van der Waals surface area contributed by atoms with Crippen molar-refractivity contribution >= 4 is 23.5 Å². The molecule has 1 amide bonds. The SMILES string of the molecule is COC(=O)C[C@@H]1C[C@@H](CNc2ccc(-c3ccc(C(=N)N)cc3)nn2)N(CCCc2ccccc2)C1=O. The van der Waals surface area contributed by atoms with Crippen LogP contribution in [0.3, 0.4) is 0 Å². The maximum atomic E-state index is 13.1. The van der Waals surface area contributed by atoms with Crippen LogP contribution in [0.4, 0.5) is 5.82 Å². The molecule has 0 bridgehead atoms. The van der Waals surface area contributed by atoms with Crippen molar-refractivity contribution in [3.05, 3.63) is 77.9 Å². The van der Waals surface area contributed by atoms with Gasteiger partial charge in [0.15, 0.2) is 0 Å². The molecular formula is C28H32N6O3. The van der Waals surface area contributed by atoms with Gasteiger partial charge >= 0.3 is 5.97 Å². The lowest BCUT2D eigenvalue weighted by atomic mass is 10.0. The highest BCUT2D eigenvalue weighted by molar-refractivity contribution is 5.95. The van der Waals surface area contributed by atoms with Crippen molar-refractivity contribution in [3.8, 4) is 11.3 Å². The van der Waals surface area contributed by atoms with Gasteiger partial charge in [0.05, 0.1) is 25.1 Å². The first-order valence-electron chi connectivity index (χ1n) is 12.4. The number of benzene rings is 2. The molecule has 2 heterocycles. The zero-order valence-electron chi connectivity index (χ0n) is 20.9. The highest BCUT2D eigenvalue weighted by Gasteiger charge is 2.40. The summed E-state index contributed by atoms with van der Waals surface area (Å²) in [7, 11) is 1.35. The number of carbonyl (C=O) groups is 2. The largest absolute Gasteiger partial charge is 0.469 e. The van der Waals surface area contributed by atoms with E-state index in [0.717, 1.165) is 18.4 Å². The molecule has 1 aliphatic heterocycles. The van der Waals surface area contributed by atoms with Gasteiger partial charge in [-0.2, -0.15) is 0 Å². The van der Waals surface area contributed by atoms with Gasteiger partial charge in [-0.15, -0.1) is 10.2 Å². The predicted molar refractivity (Wildman–Crippen MR) is 142 cm³/mol. The second kappa shape index (κ2) is 12.1. The summed E-state index contributed by atoms with van der Waals surface area (Å²) in [5.41, 5.74) is 8.99. The number of anilines is 1. The zero-order chi connectivity index (χ0) is 26.2. The number of hydrogen-bond donors (Lipinski definition) is 3. The second-order valence-corrected chi connectivity index (χ2v) is 9.16. The van der Waals surface area contributed by atoms with Crippen LogP contribution in [0, 0.1) is 11.3 Å². The molecule has 2 atom stereocenters. The quantitative estimate of drug-likeness (QED) is 0.209. The summed E-state index contributed by atoms with van der Waals surface area (Å²) < 4.78 is 4.80. The number of amidine groups is 1. The molecule has 0 radical (unpaired) electrons. The molecule has 1 fully saturated rings. The standard InChI is InChI=1S/C28H32N6O3/c1-37-26(35)17-22-16-23(34(28(22)36)15-5-8-19-6-3-2-4-7-19)18-31-25-14-13-24(32-33-25)20-9-11-21(12-10-20)27(29)30/h2-4,6-7,9-14,22-23H,5,8,15-18H2,1H3,(H3,29,30)(H,31,33)/t22-,23-/m0/s1. The van der Waals surface area contributed by atoms with Gasteiger partial charge < -0.3 is 20.7 Å². The van der Waals surface area contributed by atoms with Crippen molar-refractivity contribution in [2.24, 2.45) is 11.7 Å². The van der Waals surface area contributed by atoms with Crippen LogP contribution < -0.4 is 11.1 Å². The van der Waals surface area contributed by atoms with Crippen LogP contribution in [-0.2, 0) is 20.7 Å². The Bertz CT molecular complexity index is 1210. The molecule has 4 N–H and O–H groups in total. The number of nitrogens with one attached hydrogen (secondary N) is 2. The number of methoxy groups -OCH3 is 1. The van der Waals surface area contributed by atoms with Gasteiger partial charge in [0.1, 0.15) is 11.7 Å². The number of nitrogens with zero attached hydrogens (tertiary/aromatic N) is 3. The predicted octanol–water partition coefficient (Wildman–Crippen LogP) is 3.25. The van der Waals surface area contributed by atoms with Crippen molar-refractivity contribution in [1.29, 1.82) is 5.41 Å². The molecule has 1 aliphatic rings. The highest BCUT2D eigenvalue weighted by Crippen LogP contribution is 2.28. The molecule has 0 saturated carbocycles. The Kier molecular flexibility index (Phi) is 8.45. The van der Waals surface area contributed by atoms with Crippen molar-refractivity contribution in [3.63, 3.8) is 0 Å². The van der Waals surface area contributed by atoms with Crippen LogP contribution in [0.15, 0.2) is 66.7 Å². The molecule has 0 aliphatic carbocycles. The minimum Gasteiger partial charge on any atom is -0.469 e. The first kappa shape index (κ1) is 25.8. The maximum Gasteiger partial charge on any atom is 0.306 e. The van der Waals surface area contributed by atoms with E-state index in [4.69, 9.17) is 15.9 Å². The summed E-state index contributed by atoms with van der Waals surface area (Å²) in [6.45, 7) is 1.13. The van der Waals surface area contributed by atoms with Crippen LogP contribution in [0.25, 0.3) is 11.3 Å². The first-order chi connectivity index (χ1) is 17.9. The molecule has 1 saturated heterocycles. The van der Waals surface area contributed by atoms with Gasteiger partial charge in [-0.05, 0) is 37.0 Å². The van der Waals surface area contributed by atoms with Crippen molar-refractivity contribution in [1.82, 2.24) is 15.1 Å². The minimum absolute atomic E-state index is 0.000650. The number of ether oxygens (including phenoxy) is 1. The van der Waals surface area contributed by atoms with Gasteiger partial charge in [-0.1, -0.05) is 54.6 Å². The number of aryl methyl sites for hydroxylation is 1. The second-order valence-electron chi connectivity index (χ2n) is 9.16. The summed E-state index contributed by atoms with van der Waals surface area (Å²) in [5.74, 6) is -0.111. The molecular weight excluding hydrogens is 468 g/mol. The number of rotatable bonds is 11. The average Bonchev–Trinajstić information content (AvgIpc) is 3.22. The smallest absolute Gasteiger partial charge is 0.306 e. The van der Waals surface area contributed by atoms with E-state index in [1.54, 1.807) is 12.1 Å². The van der Waals surface area contributed by atoms with Crippen LogP contribution in [-0.4, -0.2) is 59.1 Å². The number of likely N-dealkylation sites (tertiary alicyclic amines) is 1. The highest BCUT2D eigenvalue weighted by atomic mass is 16.5. The van der Waals surface area contributed by atoms with Gasteiger partial charge in [0.25, 0.3) is 0 Å². The van der Waals surface area contributed by atoms with E-state index in [2.05, 4.69) is 27.6 Å². The van der Waals surface area contributed by atoms with Gasteiger partial charge in [0.2, 0.25) is 5.91 Å². The van der Waals surface area contributed by atoms with Crippen LogP contribution in [0.2, 0.25) is 0 Å². The molecule has 192 valence electrons. The summed E-state index contributed by atoms with van der Waals surface area (Å²) in [6, 6.07) is 21.1. The fourth-order valence-electron chi connectivity index (χ4n) is 4.63. The van der Waals surface area contributed by atoms with E-state index < -0.39 is 0 Å². The third-order valence-electron chi connectivity index (χ3n) is 6.65. The number of nitrogens with two attached hydrogens (primary N) is 1. The first-order valence-corrected chi connectivity index (χ1v) is 12.4. The summed E-state index contributed by atoms with van der Waals surface area (Å²) in [5, 5.41) is 19.4. The fraction of sp³-hybridized carbons (Fsp3) is 0.321. The fourth-order valence-corrected chi connectivity index (χ4v) is 4.63. The molecule has 1 aromatic heterocycles. The van der Waals surface area contributed by atoms with E-state index in [-0.39, 0.29) is 36.1 Å². The van der Waals surface area contributed by atoms with Crippen molar-refractivity contribution in [2.75, 3.05) is 25.5 Å². The summed E-state index contributed by atoms with van der Waals surface area (Å²) in [4.78, 5) is 26.9. The van der Waals surface area contributed by atoms with Crippen molar-refractivity contribution in [2.45, 2.75) is 31.7 Å². The zero-order valence-corrected chi connectivity index (χ0v) is 20.9. The molecule has 0 unspecified atom stereocenters. The Morgan fingerprint density at radius 2 is 1.86 bits per heavy atom. The van der Waals surface area contributed by atoms with Gasteiger partial charge in [-0.3, -0.25) is 15.0 Å². The third-order valence-corrected chi connectivity index (χ3v) is 6.65. The molecule has 3 aromatic rings. The Balaban J connectivity index is 1.38. The van der Waals surface area contributed by atoms with Crippen LogP contribution in [0.1, 0.15) is 30.4 Å². The number of carbonyl (C=O) groups excluding carboxylic acids is 2. The Morgan fingerprint density at radius 3 is 2.51 bits per heavy atom. The molecule has 9 heteroatoms. The van der Waals surface area contributed by atoms with E-state index >= 15 is 0 Å². The van der Waals surface area contributed by atoms with E-state index in [9.17, 15) is 9.59 Å². The maximum absolute atomic E-state index is 13.1. The number of hydrogen-bond acceptors (Lipinski definition) is 7. The normalized spacial score (nSPS) is 17.0. The lowest BCUT2D eigenvalue weighted by Crippen LogP contribution is -2.39. The third kappa shape index (κ3) is 6.69. The Hall–Kier alpha value is -4.27. The van der Waals surface area contributed by atoms with Gasteiger partial charge in [0, 0.05) is 30.3 Å². The Morgan fingerprint density at radius 1 is 1.11 bits per heavy atom. The minimum atomic E-state index is -0.373. The van der Waals surface area contributed by atoms with E-state index in [1.807, 2.05) is 47.4 Å². The topological polar surface area (TPSA) is 134 Å². The van der Waals surface area contributed by atoms with Gasteiger partial charge in [-0.25, -0.2) is 0 Å². The lowest BCUT2D eigenvalue weighted by molar-refractivity contribution is -0.144. The molecule has 9 nitrogen and oxygen atoms in total. The molecule has 37 heavy (non-hydrogen) atoms. The Labute approximate surface area is 216 Å². The molecule has 4 rings (SSSR count). The number of aromatic nitrogens is 2. The average molecular weight is 501 g/mol. The van der Waals surface area contributed by atoms with Crippen molar-refractivity contribution < 1.29 is 14.3 Å². The van der Waals surface area contributed by atoms with Crippen LogP contribution >= 0.6 is 0 Å². The summed E-state index contributed by atoms with van der Waals surface area (Å²) >= 11 is 0. The summed E-state index contributed by atoms with van der Waals surface area (Å²) in [6.07, 6.45) is 2.40.